The largest absolute Gasteiger partial charge is 0.370 e. The highest BCUT2D eigenvalue weighted by Crippen LogP contribution is 2.17. The second-order valence-corrected chi connectivity index (χ2v) is 5.21. The Hall–Kier alpha value is -1.94. The van der Waals surface area contributed by atoms with Crippen LogP contribution in [0, 0.1) is 6.92 Å². The number of nitrogens with one attached hydrogen (secondary N) is 1. The standard InChI is InChI=1S/C17H24N4/c1-14-13-16(19-12-8-3-2-7-11-18)21-17(20-14)15-9-5-4-6-10-15/h4-6,9-10,13H,2-3,7-8,11-12,18H2,1H3,(H,19,20,21). The van der Waals surface area contributed by atoms with Gasteiger partial charge in [-0.15, -0.1) is 0 Å². The third kappa shape index (κ3) is 5.16. The molecule has 2 aromatic rings. The Bertz CT molecular complexity index is 540. The lowest BCUT2D eigenvalue weighted by Gasteiger charge is -2.08. The minimum Gasteiger partial charge on any atom is -0.370 e. The fourth-order valence-electron chi connectivity index (χ4n) is 2.21. The molecule has 0 fully saturated rings. The van der Waals surface area contributed by atoms with Crippen LogP contribution in [0.25, 0.3) is 11.4 Å². The molecule has 0 saturated heterocycles. The molecule has 4 nitrogen and oxygen atoms in total. The second kappa shape index (κ2) is 8.37. The first-order valence-corrected chi connectivity index (χ1v) is 7.64. The van der Waals surface area contributed by atoms with E-state index in [1.165, 1.54) is 12.8 Å². The highest BCUT2D eigenvalue weighted by molar-refractivity contribution is 5.57. The topological polar surface area (TPSA) is 63.8 Å². The summed E-state index contributed by atoms with van der Waals surface area (Å²) in [5.74, 6) is 1.68. The van der Waals surface area contributed by atoms with E-state index in [-0.39, 0.29) is 0 Å². The van der Waals surface area contributed by atoms with E-state index in [2.05, 4.69) is 15.3 Å². The minimum absolute atomic E-state index is 0.779. The van der Waals surface area contributed by atoms with Gasteiger partial charge in [0.1, 0.15) is 5.82 Å². The predicted molar refractivity (Wildman–Crippen MR) is 88.2 cm³/mol. The summed E-state index contributed by atoms with van der Waals surface area (Å²) in [6.07, 6.45) is 4.67. The van der Waals surface area contributed by atoms with E-state index in [0.29, 0.717) is 0 Å². The summed E-state index contributed by atoms with van der Waals surface area (Å²) in [6, 6.07) is 12.1. The van der Waals surface area contributed by atoms with Crippen molar-refractivity contribution >= 4 is 5.82 Å². The van der Waals surface area contributed by atoms with Crippen molar-refractivity contribution in [1.29, 1.82) is 0 Å². The van der Waals surface area contributed by atoms with Gasteiger partial charge in [-0.3, -0.25) is 0 Å². The summed E-state index contributed by atoms with van der Waals surface area (Å²) < 4.78 is 0. The molecule has 4 heteroatoms. The van der Waals surface area contributed by atoms with Crippen molar-refractivity contribution in [2.45, 2.75) is 32.6 Å². The Balaban J connectivity index is 1.93. The molecule has 21 heavy (non-hydrogen) atoms. The van der Waals surface area contributed by atoms with Crippen molar-refractivity contribution in [2.75, 3.05) is 18.4 Å². The maximum atomic E-state index is 5.49. The van der Waals surface area contributed by atoms with Gasteiger partial charge in [-0.2, -0.15) is 0 Å². The number of unbranched alkanes of at least 4 members (excludes halogenated alkanes) is 3. The number of nitrogens with two attached hydrogens (primary N) is 1. The van der Waals surface area contributed by atoms with Gasteiger partial charge in [-0.1, -0.05) is 43.2 Å². The van der Waals surface area contributed by atoms with Crippen molar-refractivity contribution in [2.24, 2.45) is 5.73 Å². The average Bonchev–Trinajstić information content (AvgIpc) is 2.51. The van der Waals surface area contributed by atoms with Crippen LogP contribution in [0.2, 0.25) is 0 Å². The molecule has 0 aliphatic rings. The monoisotopic (exact) mass is 284 g/mol. The zero-order chi connectivity index (χ0) is 14.9. The quantitative estimate of drug-likeness (QED) is 0.729. The predicted octanol–water partition coefficient (Wildman–Crippen LogP) is 3.38. The molecule has 3 N–H and O–H groups in total. The van der Waals surface area contributed by atoms with E-state index in [4.69, 9.17) is 5.73 Å². The first kappa shape index (κ1) is 15.4. The number of benzene rings is 1. The first-order chi connectivity index (χ1) is 10.3. The molecule has 0 amide bonds. The molecule has 0 atom stereocenters. The van der Waals surface area contributed by atoms with Crippen LogP contribution < -0.4 is 11.1 Å². The summed E-state index contributed by atoms with van der Waals surface area (Å²) >= 11 is 0. The van der Waals surface area contributed by atoms with Crippen LogP contribution in [0.4, 0.5) is 5.82 Å². The summed E-state index contributed by atoms with van der Waals surface area (Å²) in [4.78, 5) is 9.10. The molecular weight excluding hydrogens is 260 g/mol. The molecule has 0 unspecified atom stereocenters. The molecule has 1 aromatic carbocycles. The van der Waals surface area contributed by atoms with E-state index in [9.17, 15) is 0 Å². The van der Waals surface area contributed by atoms with E-state index in [1.807, 2.05) is 43.3 Å². The lowest BCUT2D eigenvalue weighted by molar-refractivity contribution is 0.661. The Morgan fingerprint density at radius 1 is 1.00 bits per heavy atom. The number of aryl methyl sites for hydroxylation is 1. The second-order valence-electron chi connectivity index (χ2n) is 5.21. The zero-order valence-corrected chi connectivity index (χ0v) is 12.7. The summed E-state index contributed by atoms with van der Waals surface area (Å²) in [5, 5.41) is 3.39. The average molecular weight is 284 g/mol. The van der Waals surface area contributed by atoms with Crippen LogP contribution in [0.3, 0.4) is 0 Å². The van der Waals surface area contributed by atoms with Crippen molar-refractivity contribution in [3.8, 4) is 11.4 Å². The Labute approximate surface area is 126 Å². The number of hydrogen-bond donors (Lipinski definition) is 2. The van der Waals surface area contributed by atoms with Crippen LogP contribution in [0.5, 0.6) is 0 Å². The molecule has 0 aliphatic carbocycles. The lowest BCUT2D eigenvalue weighted by Crippen LogP contribution is -2.06. The first-order valence-electron chi connectivity index (χ1n) is 7.64. The molecule has 1 heterocycles. The van der Waals surface area contributed by atoms with Gasteiger partial charge in [0.2, 0.25) is 0 Å². The lowest BCUT2D eigenvalue weighted by atomic mass is 10.2. The van der Waals surface area contributed by atoms with Gasteiger partial charge in [-0.25, -0.2) is 9.97 Å². The number of rotatable bonds is 8. The molecule has 2 rings (SSSR count). The summed E-state index contributed by atoms with van der Waals surface area (Å²) in [5.41, 5.74) is 7.52. The van der Waals surface area contributed by atoms with E-state index in [0.717, 1.165) is 48.8 Å². The van der Waals surface area contributed by atoms with Gasteiger partial charge < -0.3 is 11.1 Å². The zero-order valence-electron chi connectivity index (χ0n) is 12.7. The van der Waals surface area contributed by atoms with Crippen LogP contribution in [-0.4, -0.2) is 23.1 Å². The van der Waals surface area contributed by atoms with Gasteiger partial charge in [0.15, 0.2) is 5.82 Å². The van der Waals surface area contributed by atoms with Crippen molar-refractivity contribution in [3.63, 3.8) is 0 Å². The highest BCUT2D eigenvalue weighted by atomic mass is 15.0. The van der Waals surface area contributed by atoms with Crippen molar-refractivity contribution in [1.82, 2.24) is 9.97 Å². The Morgan fingerprint density at radius 3 is 2.52 bits per heavy atom. The van der Waals surface area contributed by atoms with Crippen molar-refractivity contribution < 1.29 is 0 Å². The minimum atomic E-state index is 0.779. The Kier molecular flexibility index (Phi) is 6.16. The Morgan fingerprint density at radius 2 is 1.76 bits per heavy atom. The molecule has 0 spiro atoms. The third-order valence-corrected chi connectivity index (χ3v) is 3.32. The van der Waals surface area contributed by atoms with Crippen LogP contribution >= 0.6 is 0 Å². The van der Waals surface area contributed by atoms with Crippen LogP contribution in [0.15, 0.2) is 36.4 Å². The summed E-state index contributed by atoms with van der Waals surface area (Å²) in [6.45, 7) is 3.73. The van der Waals surface area contributed by atoms with Crippen molar-refractivity contribution in [3.05, 3.63) is 42.1 Å². The van der Waals surface area contributed by atoms with Crippen LogP contribution in [-0.2, 0) is 0 Å². The van der Waals surface area contributed by atoms with Gasteiger partial charge in [0.05, 0.1) is 0 Å². The third-order valence-electron chi connectivity index (χ3n) is 3.32. The fourth-order valence-corrected chi connectivity index (χ4v) is 2.21. The highest BCUT2D eigenvalue weighted by Gasteiger charge is 2.04. The van der Waals surface area contributed by atoms with E-state index < -0.39 is 0 Å². The molecule has 0 bridgehead atoms. The smallest absolute Gasteiger partial charge is 0.161 e. The van der Waals surface area contributed by atoms with E-state index in [1.54, 1.807) is 0 Å². The molecule has 112 valence electrons. The van der Waals surface area contributed by atoms with Crippen LogP contribution in [0.1, 0.15) is 31.4 Å². The number of anilines is 1. The van der Waals surface area contributed by atoms with E-state index >= 15 is 0 Å². The number of aromatic nitrogens is 2. The number of nitrogens with zero attached hydrogens (tertiary/aromatic N) is 2. The summed E-state index contributed by atoms with van der Waals surface area (Å²) in [7, 11) is 0. The van der Waals surface area contributed by atoms with Gasteiger partial charge >= 0.3 is 0 Å². The van der Waals surface area contributed by atoms with Gasteiger partial charge in [-0.05, 0) is 26.3 Å². The molecule has 0 saturated carbocycles. The van der Waals surface area contributed by atoms with Gasteiger partial charge in [0.25, 0.3) is 0 Å². The number of hydrogen-bond acceptors (Lipinski definition) is 4. The maximum absolute atomic E-state index is 5.49. The maximum Gasteiger partial charge on any atom is 0.161 e. The normalized spacial score (nSPS) is 10.6. The SMILES string of the molecule is Cc1cc(NCCCCCCN)nc(-c2ccccc2)n1. The van der Waals surface area contributed by atoms with Gasteiger partial charge in [0, 0.05) is 23.9 Å². The fraction of sp³-hybridized carbons (Fsp3) is 0.412. The molecule has 0 aliphatic heterocycles. The molecular formula is C17H24N4. The molecule has 1 aromatic heterocycles. The molecule has 0 radical (unpaired) electrons.